The molecule has 0 spiro atoms. The fourth-order valence-corrected chi connectivity index (χ4v) is 3.70. The van der Waals surface area contributed by atoms with Gasteiger partial charge in [-0.05, 0) is 53.2 Å². The van der Waals surface area contributed by atoms with Crippen LogP contribution < -0.4 is 4.74 Å². The topological polar surface area (TPSA) is 65.0 Å². The zero-order valence-corrected chi connectivity index (χ0v) is 17.8. The first-order chi connectivity index (χ1) is 12.9. The van der Waals surface area contributed by atoms with Crippen LogP contribution in [0.1, 0.15) is 30.0 Å². The van der Waals surface area contributed by atoms with Crippen molar-refractivity contribution in [3.05, 3.63) is 67.7 Å². The summed E-state index contributed by atoms with van der Waals surface area (Å²) < 4.78 is 12.0. The van der Waals surface area contributed by atoms with Gasteiger partial charge in [0.25, 0.3) is 0 Å². The first-order valence-electron chi connectivity index (χ1n) is 8.16. The van der Waals surface area contributed by atoms with E-state index in [1.165, 1.54) is 6.08 Å². The Bertz CT molecular complexity index is 978. The van der Waals surface area contributed by atoms with E-state index in [-0.39, 0.29) is 24.0 Å². The van der Waals surface area contributed by atoms with Gasteiger partial charge in [0.2, 0.25) is 5.90 Å². The highest BCUT2D eigenvalue weighted by molar-refractivity contribution is 9.11. The zero-order valence-electron chi connectivity index (χ0n) is 14.6. The minimum atomic E-state index is -0.561. The molecule has 0 unspecified atom stereocenters. The van der Waals surface area contributed by atoms with Crippen LogP contribution in [-0.2, 0) is 14.3 Å². The average molecular weight is 493 g/mol. The van der Waals surface area contributed by atoms with Crippen LogP contribution >= 0.6 is 31.9 Å². The van der Waals surface area contributed by atoms with E-state index >= 15 is 0 Å². The molecule has 0 atom stereocenters. The van der Waals surface area contributed by atoms with Gasteiger partial charge in [0.15, 0.2) is 11.4 Å². The van der Waals surface area contributed by atoms with E-state index in [4.69, 9.17) is 9.47 Å². The summed E-state index contributed by atoms with van der Waals surface area (Å²) in [6, 6.07) is 11.0. The molecule has 1 aliphatic rings. The summed E-state index contributed by atoms with van der Waals surface area (Å²) in [4.78, 5) is 28.3. The molecule has 0 aromatic heterocycles. The second-order valence-electron chi connectivity index (χ2n) is 5.84. The summed E-state index contributed by atoms with van der Waals surface area (Å²) in [5.74, 6) is -0.373. The number of aryl methyl sites for hydroxylation is 1. The third-order valence-electron chi connectivity index (χ3n) is 3.75. The van der Waals surface area contributed by atoms with Crippen molar-refractivity contribution in [2.75, 3.05) is 0 Å². The van der Waals surface area contributed by atoms with Gasteiger partial charge >= 0.3 is 11.9 Å². The van der Waals surface area contributed by atoms with Crippen LogP contribution in [0, 0.1) is 6.92 Å². The van der Waals surface area contributed by atoms with Crippen LogP contribution in [0.25, 0.3) is 6.08 Å². The third-order valence-corrected chi connectivity index (χ3v) is 4.80. The molecule has 27 heavy (non-hydrogen) atoms. The predicted molar refractivity (Wildman–Crippen MR) is 110 cm³/mol. The zero-order chi connectivity index (χ0) is 19.6. The number of nitrogens with zero attached hydrogens (tertiary/aromatic N) is 1. The smallest absolute Gasteiger partial charge is 0.363 e. The number of benzene rings is 2. The molecule has 0 saturated carbocycles. The molecule has 0 bridgehead atoms. The molecule has 2 aromatic carbocycles. The molecule has 138 valence electrons. The van der Waals surface area contributed by atoms with Gasteiger partial charge in [0.1, 0.15) is 0 Å². The molecule has 7 heteroatoms. The molecule has 0 N–H and O–H groups in total. The Morgan fingerprint density at radius 2 is 1.93 bits per heavy atom. The second-order valence-corrected chi connectivity index (χ2v) is 7.61. The number of rotatable bonds is 4. The van der Waals surface area contributed by atoms with Gasteiger partial charge in [0, 0.05) is 22.0 Å². The fourth-order valence-electron chi connectivity index (χ4n) is 2.36. The van der Waals surface area contributed by atoms with E-state index in [0.29, 0.717) is 21.3 Å². The number of halogens is 2. The molecule has 0 amide bonds. The highest BCUT2D eigenvalue weighted by Gasteiger charge is 2.25. The quantitative estimate of drug-likeness (QED) is 0.335. The Labute approximate surface area is 173 Å². The second kappa shape index (κ2) is 8.19. The number of carbonyl (C=O) groups is 2. The SMILES string of the molecule is CCC(=O)Oc1c(Br)cc(Br)cc1/C=C1\N=C(c2ccc(C)cc2)OC1=O. The summed E-state index contributed by atoms with van der Waals surface area (Å²) in [6.45, 7) is 3.68. The number of aliphatic imine (C=N–C) groups is 1. The standard InChI is InChI=1S/C20H15Br2NO4/c1-3-17(24)26-18-13(8-14(21)10-15(18)22)9-16-20(25)27-19(23-16)12-6-4-11(2)5-7-12/h4-10H,3H2,1-2H3/b16-9-. The van der Waals surface area contributed by atoms with Crippen molar-refractivity contribution >= 4 is 55.8 Å². The summed E-state index contributed by atoms with van der Waals surface area (Å²) in [5.41, 5.74) is 2.47. The van der Waals surface area contributed by atoms with Gasteiger partial charge in [-0.3, -0.25) is 4.79 Å². The van der Waals surface area contributed by atoms with Gasteiger partial charge in [-0.15, -0.1) is 0 Å². The number of esters is 2. The van der Waals surface area contributed by atoms with Gasteiger partial charge in [-0.2, -0.15) is 0 Å². The van der Waals surface area contributed by atoms with Crippen molar-refractivity contribution in [1.82, 2.24) is 0 Å². The molecule has 0 fully saturated rings. The van der Waals surface area contributed by atoms with Crippen molar-refractivity contribution in [2.45, 2.75) is 20.3 Å². The average Bonchev–Trinajstić information content (AvgIpc) is 2.99. The maximum atomic E-state index is 12.3. The minimum absolute atomic E-state index is 0.129. The van der Waals surface area contributed by atoms with E-state index in [1.54, 1.807) is 19.1 Å². The van der Waals surface area contributed by atoms with E-state index in [0.717, 1.165) is 10.0 Å². The summed E-state index contributed by atoms with van der Waals surface area (Å²) in [5, 5.41) is 0. The summed E-state index contributed by atoms with van der Waals surface area (Å²) in [6.07, 6.45) is 1.77. The lowest BCUT2D eigenvalue weighted by molar-refractivity contribution is -0.134. The Morgan fingerprint density at radius 3 is 2.59 bits per heavy atom. The molecule has 0 aliphatic carbocycles. The number of cyclic esters (lactones) is 1. The lowest BCUT2D eigenvalue weighted by Gasteiger charge is -2.10. The number of carbonyl (C=O) groups excluding carboxylic acids is 2. The Morgan fingerprint density at radius 1 is 1.22 bits per heavy atom. The highest BCUT2D eigenvalue weighted by Crippen LogP contribution is 2.35. The largest absolute Gasteiger partial charge is 0.425 e. The van der Waals surface area contributed by atoms with Gasteiger partial charge in [-0.25, -0.2) is 9.79 Å². The van der Waals surface area contributed by atoms with Crippen molar-refractivity contribution in [2.24, 2.45) is 4.99 Å². The molecule has 3 rings (SSSR count). The van der Waals surface area contributed by atoms with Gasteiger partial charge in [-0.1, -0.05) is 40.5 Å². The van der Waals surface area contributed by atoms with Crippen LogP contribution in [0.15, 0.2) is 56.0 Å². The van der Waals surface area contributed by atoms with E-state index < -0.39 is 5.97 Å². The first kappa shape index (κ1) is 19.5. The molecule has 0 saturated heterocycles. The summed E-state index contributed by atoms with van der Waals surface area (Å²) >= 11 is 6.79. The molecule has 1 aliphatic heterocycles. The molecule has 1 heterocycles. The van der Waals surface area contributed by atoms with Crippen LogP contribution in [0.3, 0.4) is 0 Å². The molecule has 2 aromatic rings. The summed E-state index contributed by atoms with van der Waals surface area (Å²) in [7, 11) is 0. The molecule has 5 nitrogen and oxygen atoms in total. The van der Waals surface area contributed by atoms with E-state index in [1.807, 2.05) is 31.2 Å². The maximum Gasteiger partial charge on any atom is 0.363 e. The van der Waals surface area contributed by atoms with Crippen LogP contribution in [0.5, 0.6) is 5.75 Å². The van der Waals surface area contributed by atoms with Crippen molar-refractivity contribution in [1.29, 1.82) is 0 Å². The van der Waals surface area contributed by atoms with Crippen molar-refractivity contribution in [3.8, 4) is 5.75 Å². The predicted octanol–water partition coefficient (Wildman–Crippen LogP) is 5.18. The molecular formula is C20H15Br2NO4. The van der Waals surface area contributed by atoms with Crippen LogP contribution in [-0.4, -0.2) is 17.8 Å². The van der Waals surface area contributed by atoms with E-state index in [9.17, 15) is 9.59 Å². The van der Waals surface area contributed by atoms with Gasteiger partial charge < -0.3 is 9.47 Å². The lowest BCUT2D eigenvalue weighted by Crippen LogP contribution is -2.07. The van der Waals surface area contributed by atoms with Gasteiger partial charge in [0.05, 0.1) is 4.47 Å². The maximum absolute atomic E-state index is 12.3. The normalized spacial score (nSPS) is 14.9. The molecule has 0 radical (unpaired) electrons. The Kier molecular flexibility index (Phi) is 5.92. The number of hydrogen-bond acceptors (Lipinski definition) is 5. The monoisotopic (exact) mass is 491 g/mol. The van der Waals surface area contributed by atoms with Crippen molar-refractivity contribution in [3.63, 3.8) is 0 Å². The lowest BCUT2D eigenvalue weighted by atomic mass is 10.1. The molecular weight excluding hydrogens is 478 g/mol. The highest BCUT2D eigenvalue weighted by atomic mass is 79.9. The Hall–Kier alpha value is -2.25. The van der Waals surface area contributed by atoms with Crippen LogP contribution in [0.4, 0.5) is 0 Å². The first-order valence-corrected chi connectivity index (χ1v) is 9.75. The number of ether oxygens (including phenoxy) is 2. The van der Waals surface area contributed by atoms with E-state index in [2.05, 4.69) is 36.9 Å². The third kappa shape index (κ3) is 4.54. The fraction of sp³-hybridized carbons (Fsp3) is 0.150. The number of hydrogen-bond donors (Lipinski definition) is 0. The van der Waals surface area contributed by atoms with Crippen molar-refractivity contribution < 1.29 is 19.1 Å². The Balaban J connectivity index is 2.01. The minimum Gasteiger partial charge on any atom is -0.425 e. The van der Waals surface area contributed by atoms with Crippen LogP contribution in [0.2, 0.25) is 0 Å².